The largest absolute Gasteiger partial charge is 0.444 e. The summed E-state index contributed by atoms with van der Waals surface area (Å²) < 4.78 is 5.16. The number of ether oxygens (including phenoxy) is 1. The van der Waals surface area contributed by atoms with Crippen molar-refractivity contribution in [3.63, 3.8) is 0 Å². The van der Waals surface area contributed by atoms with E-state index in [1.54, 1.807) is 0 Å². The van der Waals surface area contributed by atoms with Gasteiger partial charge in [-0.05, 0) is 52.5 Å². The van der Waals surface area contributed by atoms with Crippen LogP contribution < -0.4 is 10.6 Å². The molecule has 0 radical (unpaired) electrons. The highest BCUT2D eigenvalue weighted by atomic mass is 16.6. The molecule has 0 saturated carbocycles. The van der Waals surface area contributed by atoms with Crippen molar-refractivity contribution in [2.24, 2.45) is 0 Å². The maximum absolute atomic E-state index is 11.9. The van der Waals surface area contributed by atoms with Crippen LogP contribution in [0.5, 0.6) is 0 Å². The first kappa shape index (κ1) is 21.0. The summed E-state index contributed by atoms with van der Waals surface area (Å²) in [5.74, 6) is 0.0866. The SMILES string of the molecule is C[C@@H](Cc1ccccc1)NC(=O)CCCCCNC(=O)OC(C)(C)C. The van der Waals surface area contributed by atoms with Crippen LogP contribution >= 0.6 is 0 Å². The number of amides is 2. The van der Waals surface area contributed by atoms with Crippen molar-refractivity contribution >= 4 is 12.0 Å². The van der Waals surface area contributed by atoms with Crippen molar-refractivity contribution in [2.75, 3.05) is 6.54 Å². The monoisotopic (exact) mass is 348 g/mol. The molecule has 1 aromatic carbocycles. The van der Waals surface area contributed by atoms with Gasteiger partial charge in [0, 0.05) is 19.0 Å². The van der Waals surface area contributed by atoms with Gasteiger partial charge >= 0.3 is 6.09 Å². The van der Waals surface area contributed by atoms with Crippen LogP contribution in [0.2, 0.25) is 0 Å². The molecule has 0 aliphatic heterocycles. The fourth-order valence-corrected chi connectivity index (χ4v) is 2.46. The predicted octanol–water partition coefficient (Wildman–Crippen LogP) is 3.82. The molecule has 0 heterocycles. The standard InChI is InChI=1S/C20H32N2O3/c1-16(15-17-11-7-5-8-12-17)22-18(23)13-9-6-10-14-21-19(24)25-20(2,3)4/h5,7-8,11-12,16H,6,9-10,13-15H2,1-4H3,(H,21,24)(H,22,23)/t16-/m0/s1. The molecule has 0 aromatic heterocycles. The summed E-state index contributed by atoms with van der Waals surface area (Å²) >= 11 is 0. The summed E-state index contributed by atoms with van der Waals surface area (Å²) in [5, 5.41) is 5.76. The Morgan fingerprint density at radius 3 is 2.40 bits per heavy atom. The first-order valence-electron chi connectivity index (χ1n) is 9.06. The highest BCUT2D eigenvalue weighted by Crippen LogP contribution is 2.07. The van der Waals surface area contributed by atoms with Crippen molar-refractivity contribution in [3.05, 3.63) is 35.9 Å². The van der Waals surface area contributed by atoms with E-state index < -0.39 is 5.60 Å². The molecule has 0 fully saturated rings. The number of rotatable bonds is 9. The van der Waals surface area contributed by atoms with E-state index in [9.17, 15) is 9.59 Å². The fourth-order valence-electron chi connectivity index (χ4n) is 2.46. The van der Waals surface area contributed by atoms with Crippen LogP contribution in [0.25, 0.3) is 0 Å². The summed E-state index contributed by atoms with van der Waals surface area (Å²) in [6.07, 6.45) is 3.53. The minimum absolute atomic E-state index is 0.0866. The molecule has 0 unspecified atom stereocenters. The van der Waals surface area contributed by atoms with Crippen molar-refractivity contribution in [2.45, 2.75) is 71.4 Å². The Balaban J connectivity index is 2.06. The number of carbonyl (C=O) groups is 2. The lowest BCUT2D eigenvalue weighted by Crippen LogP contribution is -2.34. The molecule has 140 valence electrons. The van der Waals surface area contributed by atoms with Crippen molar-refractivity contribution in [1.82, 2.24) is 10.6 Å². The Hall–Kier alpha value is -2.04. The van der Waals surface area contributed by atoms with Gasteiger partial charge in [-0.15, -0.1) is 0 Å². The number of unbranched alkanes of at least 4 members (excludes halogenated alkanes) is 2. The predicted molar refractivity (Wildman–Crippen MR) is 100 cm³/mol. The second-order valence-electron chi connectivity index (χ2n) is 7.40. The smallest absolute Gasteiger partial charge is 0.407 e. The zero-order valence-electron chi connectivity index (χ0n) is 15.9. The molecule has 0 bridgehead atoms. The molecule has 5 heteroatoms. The average molecular weight is 348 g/mol. The van der Waals surface area contributed by atoms with Gasteiger partial charge in [0.2, 0.25) is 5.91 Å². The summed E-state index contributed by atoms with van der Waals surface area (Å²) in [6, 6.07) is 10.3. The summed E-state index contributed by atoms with van der Waals surface area (Å²) in [5.41, 5.74) is 0.752. The van der Waals surface area contributed by atoms with E-state index in [-0.39, 0.29) is 18.0 Å². The normalized spacial score (nSPS) is 12.3. The van der Waals surface area contributed by atoms with Crippen molar-refractivity contribution < 1.29 is 14.3 Å². The minimum atomic E-state index is -0.474. The van der Waals surface area contributed by atoms with Gasteiger partial charge in [0.15, 0.2) is 0 Å². The van der Waals surface area contributed by atoms with Crippen LogP contribution in [0.15, 0.2) is 30.3 Å². The maximum Gasteiger partial charge on any atom is 0.407 e. The van der Waals surface area contributed by atoms with Gasteiger partial charge in [0.25, 0.3) is 0 Å². The quantitative estimate of drug-likeness (QED) is 0.667. The van der Waals surface area contributed by atoms with E-state index in [0.717, 1.165) is 25.7 Å². The molecule has 1 rings (SSSR count). The average Bonchev–Trinajstić information content (AvgIpc) is 2.49. The van der Waals surface area contributed by atoms with Crippen molar-refractivity contribution in [1.29, 1.82) is 0 Å². The molecule has 2 N–H and O–H groups in total. The fraction of sp³-hybridized carbons (Fsp3) is 0.600. The molecule has 0 spiro atoms. The number of nitrogens with one attached hydrogen (secondary N) is 2. The highest BCUT2D eigenvalue weighted by Gasteiger charge is 2.15. The van der Waals surface area contributed by atoms with Gasteiger partial charge in [0.05, 0.1) is 0 Å². The number of alkyl carbamates (subject to hydrolysis) is 1. The van der Waals surface area contributed by atoms with Gasteiger partial charge in [-0.25, -0.2) is 4.79 Å². The Bertz CT molecular complexity index is 523. The molecule has 5 nitrogen and oxygen atoms in total. The first-order valence-corrected chi connectivity index (χ1v) is 9.06. The third-order valence-corrected chi connectivity index (χ3v) is 3.54. The number of hydrogen-bond acceptors (Lipinski definition) is 3. The van der Waals surface area contributed by atoms with Gasteiger partial charge < -0.3 is 15.4 Å². The van der Waals surface area contributed by atoms with E-state index in [2.05, 4.69) is 22.8 Å². The third-order valence-electron chi connectivity index (χ3n) is 3.54. The lowest BCUT2D eigenvalue weighted by atomic mass is 10.1. The molecule has 25 heavy (non-hydrogen) atoms. The van der Waals surface area contributed by atoms with Gasteiger partial charge in [0.1, 0.15) is 5.60 Å². The van der Waals surface area contributed by atoms with Crippen LogP contribution in [0.3, 0.4) is 0 Å². The van der Waals surface area contributed by atoms with E-state index >= 15 is 0 Å². The topological polar surface area (TPSA) is 67.4 Å². The Morgan fingerprint density at radius 1 is 1.08 bits per heavy atom. The lowest BCUT2D eigenvalue weighted by Gasteiger charge is -2.19. The summed E-state index contributed by atoms with van der Waals surface area (Å²) in [7, 11) is 0. The van der Waals surface area contributed by atoms with Gasteiger partial charge in [-0.1, -0.05) is 36.8 Å². The molecular weight excluding hydrogens is 316 g/mol. The van der Waals surface area contributed by atoms with Crippen LogP contribution in [-0.2, 0) is 16.0 Å². The molecule has 0 saturated heterocycles. The second-order valence-corrected chi connectivity index (χ2v) is 7.40. The van der Waals surface area contributed by atoms with Crippen LogP contribution in [0, 0.1) is 0 Å². The Labute approximate surface area is 151 Å². The van der Waals surface area contributed by atoms with Gasteiger partial charge in [-0.3, -0.25) is 4.79 Å². The van der Waals surface area contributed by atoms with E-state index in [1.165, 1.54) is 5.56 Å². The number of hydrogen-bond donors (Lipinski definition) is 2. The third kappa shape index (κ3) is 11.2. The Kier molecular flexibility index (Phi) is 9.03. The zero-order valence-corrected chi connectivity index (χ0v) is 15.9. The maximum atomic E-state index is 11.9. The van der Waals surface area contributed by atoms with E-state index in [4.69, 9.17) is 4.74 Å². The highest BCUT2D eigenvalue weighted by molar-refractivity contribution is 5.76. The Morgan fingerprint density at radius 2 is 1.76 bits per heavy atom. The molecule has 2 amide bonds. The van der Waals surface area contributed by atoms with Crippen LogP contribution in [0.4, 0.5) is 4.79 Å². The van der Waals surface area contributed by atoms with Crippen molar-refractivity contribution in [3.8, 4) is 0 Å². The molecular formula is C20H32N2O3. The summed E-state index contributed by atoms with van der Waals surface area (Å²) in [6.45, 7) is 8.11. The number of benzene rings is 1. The lowest BCUT2D eigenvalue weighted by molar-refractivity contribution is -0.121. The zero-order chi connectivity index (χ0) is 18.7. The van der Waals surface area contributed by atoms with Gasteiger partial charge in [-0.2, -0.15) is 0 Å². The molecule has 0 aliphatic rings. The summed E-state index contributed by atoms with van der Waals surface area (Å²) in [4.78, 5) is 23.4. The molecule has 1 atom stereocenters. The molecule has 1 aromatic rings. The second kappa shape index (κ2) is 10.7. The van der Waals surface area contributed by atoms with Crippen LogP contribution in [0.1, 0.15) is 58.9 Å². The number of carbonyl (C=O) groups excluding carboxylic acids is 2. The minimum Gasteiger partial charge on any atom is -0.444 e. The first-order chi connectivity index (χ1) is 11.8. The molecule has 0 aliphatic carbocycles. The van der Waals surface area contributed by atoms with Crippen LogP contribution in [-0.4, -0.2) is 30.2 Å². The van der Waals surface area contributed by atoms with E-state index in [1.807, 2.05) is 45.9 Å². The van der Waals surface area contributed by atoms with E-state index in [0.29, 0.717) is 13.0 Å².